The van der Waals surface area contributed by atoms with Crippen LogP contribution in [-0.2, 0) is 0 Å². The van der Waals surface area contributed by atoms with E-state index in [9.17, 15) is 0 Å². The summed E-state index contributed by atoms with van der Waals surface area (Å²) in [7, 11) is 0.520. The van der Waals surface area contributed by atoms with Crippen LogP contribution in [0.2, 0.25) is 17.8 Å². The van der Waals surface area contributed by atoms with Gasteiger partial charge in [0.15, 0.2) is 0 Å². The lowest BCUT2D eigenvalue weighted by Crippen LogP contribution is -1.94. The molecule has 0 aliphatic heterocycles. The van der Waals surface area contributed by atoms with E-state index in [1.165, 1.54) is 12.1 Å². The van der Waals surface area contributed by atoms with Crippen molar-refractivity contribution in [2.45, 2.75) is 24.7 Å². The van der Waals surface area contributed by atoms with Gasteiger partial charge in [0, 0.05) is 19.0 Å². The molecular formula is C10H20Si2. The Hall–Kier alpha value is -0.346. The van der Waals surface area contributed by atoms with E-state index in [-0.39, 0.29) is 19.0 Å². The Morgan fingerprint density at radius 1 is 1.17 bits per heavy atom. The molecule has 0 atom stereocenters. The van der Waals surface area contributed by atoms with E-state index in [2.05, 4.69) is 43.9 Å². The van der Waals surface area contributed by atoms with Gasteiger partial charge >= 0.3 is 0 Å². The van der Waals surface area contributed by atoms with Crippen LogP contribution in [0, 0.1) is 0 Å². The third kappa shape index (κ3) is 9.65. The maximum Gasteiger partial charge on any atom is 0.0209 e. The molecule has 0 radical (unpaired) electrons. The van der Waals surface area contributed by atoms with Crippen molar-refractivity contribution >= 4 is 19.0 Å². The quantitative estimate of drug-likeness (QED) is 0.252. The van der Waals surface area contributed by atoms with Crippen LogP contribution in [0.1, 0.15) is 6.92 Å². The minimum atomic E-state index is 0.256. The summed E-state index contributed by atoms with van der Waals surface area (Å²) in [6, 6.07) is 2.72. The normalized spacial score (nSPS) is 13.4. The van der Waals surface area contributed by atoms with E-state index >= 15 is 0 Å². The molecule has 0 spiro atoms. The molecule has 0 nitrogen and oxygen atoms in total. The number of allylic oxidation sites excluding steroid dienone is 5. The predicted molar refractivity (Wildman–Crippen MR) is 65.7 cm³/mol. The fourth-order valence-electron chi connectivity index (χ4n) is 1.01. The zero-order valence-electron chi connectivity index (χ0n) is 8.13. The summed E-state index contributed by atoms with van der Waals surface area (Å²) in [4.78, 5) is 0. The molecule has 2 heteroatoms. The van der Waals surface area contributed by atoms with Gasteiger partial charge in [0.1, 0.15) is 0 Å². The van der Waals surface area contributed by atoms with Gasteiger partial charge in [-0.05, 0) is 19.0 Å². The van der Waals surface area contributed by atoms with Crippen molar-refractivity contribution < 1.29 is 0 Å². The maximum atomic E-state index is 3.75. The summed E-state index contributed by atoms with van der Waals surface area (Å²) in [5, 5.41) is 0. The number of rotatable bonds is 7. The highest BCUT2D eigenvalue weighted by molar-refractivity contribution is 6.56. The van der Waals surface area contributed by atoms with Crippen molar-refractivity contribution in [1.29, 1.82) is 0 Å². The smallest absolute Gasteiger partial charge is 0.0209 e. The van der Waals surface area contributed by atoms with Crippen LogP contribution >= 0.6 is 0 Å². The molecule has 0 aromatic rings. The van der Waals surface area contributed by atoms with E-state index < -0.39 is 0 Å². The molecular weight excluding hydrogens is 176 g/mol. The summed E-state index contributed by atoms with van der Waals surface area (Å²) in [5.41, 5.74) is 1.60. The third-order valence-corrected chi connectivity index (χ3v) is 7.28. The van der Waals surface area contributed by atoms with Crippen molar-refractivity contribution in [3.8, 4) is 0 Å². The van der Waals surface area contributed by atoms with E-state index in [0.29, 0.717) is 0 Å². The second kappa shape index (κ2) is 10.7. The Bertz CT molecular complexity index is 148. The monoisotopic (exact) mass is 196 g/mol. The standard InChI is InChI=1S/C10H20Si2/c1-3-5-6-7-9-12-10-11-8-4-2/h3-7H,2,8-12H2,1H3. The zero-order valence-corrected chi connectivity index (χ0v) is 11.0. The Balaban J connectivity index is 3.04. The maximum absolute atomic E-state index is 3.75. The number of hydrogen-bond acceptors (Lipinski definition) is 0. The molecule has 0 aromatic carbocycles. The van der Waals surface area contributed by atoms with Gasteiger partial charge in [0.05, 0.1) is 0 Å². The molecule has 68 valence electrons. The molecule has 0 aliphatic rings. The molecule has 0 rings (SSSR count). The SMILES string of the molecule is C=CC[SiH2]C[SiH2]CC=CC=CC. The lowest BCUT2D eigenvalue weighted by molar-refractivity contribution is 1.61. The van der Waals surface area contributed by atoms with Gasteiger partial charge in [-0.25, -0.2) is 0 Å². The summed E-state index contributed by atoms with van der Waals surface area (Å²) in [6.07, 6.45) is 10.7. The van der Waals surface area contributed by atoms with Gasteiger partial charge in [-0.1, -0.05) is 36.0 Å². The van der Waals surface area contributed by atoms with Gasteiger partial charge in [0.25, 0.3) is 0 Å². The fraction of sp³-hybridized carbons (Fsp3) is 0.400. The topological polar surface area (TPSA) is 0 Å². The second-order valence-electron chi connectivity index (χ2n) is 2.88. The van der Waals surface area contributed by atoms with Crippen LogP contribution in [0.25, 0.3) is 0 Å². The summed E-state index contributed by atoms with van der Waals surface area (Å²) in [5.74, 6) is 0. The van der Waals surface area contributed by atoms with Gasteiger partial charge < -0.3 is 0 Å². The number of hydrogen-bond donors (Lipinski definition) is 0. The average Bonchev–Trinajstić information content (AvgIpc) is 2.10. The van der Waals surface area contributed by atoms with Gasteiger partial charge in [-0.3, -0.25) is 0 Å². The Kier molecular flexibility index (Phi) is 10.3. The van der Waals surface area contributed by atoms with Crippen molar-refractivity contribution in [2.75, 3.05) is 0 Å². The Morgan fingerprint density at radius 2 is 1.92 bits per heavy atom. The van der Waals surface area contributed by atoms with Gasteiger partial charge in [-0.15, -0.1) is 6.58 Å². The van der Waals surface area contributed by atoms with Crippen LogP contribution in [0.4, 0.5) is 0 Å². The van der Waals surface area contributed by atoms with Crippen molar-refractivity contribution in [1.82, 2.24) is 0 Å². The van der Waals surface area contributed by atoms with Crippen molar-refractivity contribution in [3.05, 3.63) is 37.0 Å². The first-order valence-electron chi connectivity index (χ1n) is 4.80. The molecule has 12 heavy (non-hydrogen) atoms. The molecule has 0 N–H and O–H groups in total. The molecule has 0 aromatic heterocycles. The van der Waals surface area contributed by atoms with Crippen LogP contribution in [0.5, 0.6) is 0 Å². The largest absolute Gasteiger partial charge is 0.103 e. The highest BCUT2D eigenvalue weighted by Gasteiger charge is 1.85. The summed E-state index contributed by atoms with van der Waals surface area (Å²) >= 11 is 0. The second-order valence-corrected chi connectivity index (χ2v) is 8.28. The molecule has 0 unspecified atom stereocenters. The van der Waals surface area contributed by atoms with E-state index in [0.717, 1.165) is 0 Å². The first-order valence-corrected chi connectivity index (χ1v) is 8.80. The highest BCUT2D eigenvalue weighted by Crippen LogP contribution is 1.90. The Morgan fingerprint density at radius 3 is 2.58 bits per heavy atom. The van der Waals surface area contributed by atoms with Gasteiger partial charge in [0.2, 0.25) is 0 Å². The lowest BCUT2D eigenvalue weighted by Gasteiger charge is -1.91. The van der Waals surface area contributed by atoms with Crippen molar-refractivity contribution in [3.63, 3.8) is 0 Å². The first kappa shape index (κ1) is 11.7. The fourth-order valence-corrected chi connectivity index (χ4v) is 5.45. The van der Waals surface area contributed by atoms with Crippen molar-refractivity contribution in [2.24, 2.45) is 0 Å². The average molecular weight is 196 g/mol. The van der Waals surface area contributed by atoms with Crippen LogP contribution in [-0.4, -0.2) is 19.0 Å². The van der Waals surface area contributed by atoms with E-state index in [1.54, 1.807) is 5.67 Å². The summed E-state index contributed by atoms with van der Waals surface area (Å²) in [6.45, 7) is 5.80. The highest BCUT2D eigenvalue weighted by atomic mass is 28.3. The predicted octanol–water partition coefficient (Wildman–Crippen LogP) is 1.85. The first-order chi connectivity index (χ1) is 5.91. The Labute approximate surface area is 81.1 Å². The third-order valence-electron chi connectivity index (χ3n) is 1.72. The molecule has 0 aliphatic carbocycles. The minimum Gasteiger partial charge on any atom is -0.103 e. The van der Waals surface area contributed by atoms with Gasteiger partial charge in [-0.2, -0.15) is 0 Å². The van der Waals surface area contributed by atoms with Crippen LogP contribution in [0.15, 0.2) is 37.0 Å². The zero-order chi connectivity index (χ0) is 9.07. The molecule has 0 fully saturated rings. The molecule has 0 saturated carbocycles. The van der Waals surface area contributed by atoms with E-state index in [1.807, 2.05) is 0 Å². The van der Waals surface area contributed by atoms with Crippen LogP contribution in [0.3, 0.4) is 0 Å². The minimum absolute atomic E-state index is 0.256. The lowest BCUT2D eigenvalue weighted by atomic mass is 10.5. The van der Waals surface area contributed by atoms with E-state index in [4.69, 9.17) is 0 Å². The molecule has 0 amide bonds. The van der Waals surface area contributed by atoms with Crippen LogP contribution < -0.4 is 0 Å². The summed E-state index contributed by atoms with van der Waals surface area (Å²) < 4.78 is 0. The molecule has 0 bridgehead atoms. The molecule has 0 heterocycles. The molecule has 0 saturated heterocycles.